The molecule has 2 heterocycles. The lowest BCUT2D eigenvalue weighted by molar-refractivity contribution is -0.114. The summed E-state index contributed by atoms with van der Waals surface area (Å²) in [5.74, 6) is 0.945. The molecule has 2 N–H and O–H groups in total. The summed E-state index contributed by atoms with van der Waals surface area (Å²) in [6.45, 7) is 4.78. The van der Waals surface area contributed by atoms with E-state index < -0.39 is 6.09 Å². The second-order valence-corrected chi connectivity index (χ2v) is 12.1. The SMILES string of the molecule is O=C1C=CC=C(C2=CN(CCN3CCC(c4ccc(Cl)cc4C(=O)NCCCCNC(=O)OCc4ccccc4)CC3)C=CO2)C1. The quantitative estimate of drug-likeness (QED) is 0.256. The first-order valence-corrected chi connectivity index (χ1v) is 16.3. The summed E-state index contributed by atoms with van der Waals surface area (Å²) in [7, 11) is 0. The van der Waals surface area contributed by atoms with E-state index in [4.69, 9.17) is 21.1 Å². The van der Waals surface area contributed by atoms with E-state index >= 15 is 0 Å². The Labute approximate surface area is 275 Å². The molecule has 0 saturated carbocycles. The van der Waals surface area contributed by atoms with E-state index in [2.05, 4.69) is 20.4 Å². The highest BCUT2D eigenvalue weighted by Gasteiger charge is 2.25. The molecule has 2 amide bonds. The minimum Gasteiger partial charge on any atom is -0.462 e. The van der Waals surface area contributed by atoms with E-state index in [0.29, 0.717) is 42.3 Å². The molecule has 5 rings (SSSR count). The highest BCUT2D eigenvalue weighted by atomic mass is 35.5. The van der Waals surface area contributed by atoms with Crippen molar-refractivity contribution >= 4 is 29.4 Å². The van der Waals surface area contributed by atoms with Crippen LogP contribution in [-0.4, -0.2) is 66.9 Å². The molecule has 9 nitrogen and oxygen atoms in total. The number of carbonyl (C=O) groups excluding carboxylic acids is 3. The van der Waals surface area contributed by atoms with Gasteiger partial charge in [0.05, 0.1) is 0 Å². The van der Waals surface area contributed by atoms with Crippen molar-refractivity contribution in [3.8, 4) is 0 Å². The summed E-state index contributed by atoms with van der Waals surface area (Å²) < 4.78 is 10.9. The molecule has 10 heteroatoms. The number of piperidine rings is 1. The van der Waals surface area contributed by atoms with Crippen molar-refractivity contribution in [3.05, 3.63) is 118 Å². The van der Waals surface area contributed by atoms with Gasteiger partial charge in [0.25, 0.3) is 5.91 Å². The van der Waals surface area contributed by atoms with E-state index in [1.165, 1.54) is 0 Å². The van der Waals surface area contributed by atoms with Crippen LogP contribution in [0.3, 0.4) is 0 Å². The molecule has 242 valence electrons. The molecule has 0 atom stereocenters. The van der Waals surface area contributed by atoms with Gasteiger partial charge in [-0.2, -0.15) is 0 Å². The smallest absolute Gasteiger partial charge is 0.407 e. The summed E-state index contributed by atoms with van der Waals surface area (Å²) in [6, 6.07) is 15.2. The summed E-state index contributed by atoms with van der Waals surface area (Å²) >= 11 is 6.31. The molecule has 1 saturated heterocycles. The maximum Gasteiger partial charge on any atom is 0.407 e. The van der Waals surface area contributed by atoms with Crippen molar-refractivity contribution in [1.29, 1.82) is 0 Å². The van der Waals surface area contributed by atoms with Crippen LogP contribution >= 0.6 is 11.6 Å². The van der Waals surface area contributed by atoms with Gasteiger partial charge in [-0.05, 0) is 74.0 Å². The van der Waals surface area contributed by atoms with Crippen molar-refractivity contribution in [1.82, 2.24) is 20.4 Å². The fourth-order valence-corrected chi connectivity index (χ4v) is 5.94. The molecule has 1 aliphatic carbocycles. The number of ketones is 1. The molecule has 2 aromatic rings. The maximum absolute atomic E-state index is 13.2. The third kappa shape index (κ3) is 9.83. The zero-order valence-corrected chi connectivity index (χ0v) is 26.7. The number of hydrogen-bond donors (Lipinski definition) is 2. The first-order chi connectivity index (χ1) is 22.4. The van der Waals surface area contributed by atoms with Crippen LogP contribution in [0.5, 0.6) is 0 Å². The Hall–Kier alpha value is -4.34. The van der Waals surface area contributed by atoms with E-state index in [-0.39, 0.29) is 24.2 Å². The maximum atomic E-state index is 13.2. The van der Waals surface area contributed by atoms with Crippen LogP contribution in [-0.2, 0) is 20.9 Å². The number of alkyl carbamates (subject to hydrolysis) is 1. The number of nitrogens with zero attached hydrogens (tertiary/aromatic N) is 2. The molecule has 0 radical (unpaired) electrons. The molecule has 2 aliphatic heterocycles. The van der Waals surface area contributed by atoms with Crippen LogP contribution in [0.15, 0.2) is 96.8 Å². The summed E-state index contributed by atoms with van der Waals surface area (Å²) in [5, 5.41) is 6.33. The highest BCUT2D eigenvalue weighted by molar-refractivity contribution is 6.31. The normalized spacial score (nSPS) is 16.8. The molecular weight excluding hydrogens is 604 g/mol. The van der Waals surface area contributed by atoms with Crippen LogP contribution in [0.4, 0.5) is 4.79 Å². The van der Waals surface area contributed by atoms with Gasteiger partial charge in [0.15, 0.2) is 5.78 Å². The molecule has 0 unspecified atom stereocenters. The van der Waals surface area contributed by atoms with Crippen molar-refractivity contribution < 1.29 is 23.9 Å². The second-order valence-electron chi connectivity index (χ2n) is 11.6. The second kappa shape index (κ2) is 16.8. The van der Waals surface area contributed by atoms with Gasteiger partial charge in [-0.25, -0.2) is 4.79 Å². The predicted molar refractivity (Wildman–Crippen MR) is 178 cm³/mol. The topological polar surface area (TPSA) is 100 Å². The Balaban J connectivity index is 1.02. The molecule has 3 aliphatic rings. The lowest BCUT2D eigenvalue weighted by atomic mass is 9.86. The molecule has 2 aromatic carbocycles. The lowest BCUT2D eigenvalue weighted by Gasteiger charge is -2.34. The fraction of sp³-hybridized carbons (Fsp3) is 0.361. The first kappa shape index (κ1) is 33.0. The van der Waals surface area contributed by atoms with Gasteiger partial charge in [-0.3, -0.25) is 9.59 Å². The number of rotatable bonds is 13. The minimum absolute atomic E-state index is 0.0794. The zero-order valence-electron chi connectivity index (χ0n) is 26.0. The molecule has 0 bridgehead atoms. The number of halogens is 1. The van der Waals surface area contributed by atoms with Gasteiger partial charge < -0.3 is 29.9 Å². The van der Waals surface area contributed by atoms with Gasteiger partial charge in [0, 0.05) is 61.2 Å². The first-order valence-electron chi connectivity index (χ1n) is 15.9. The lowest BCUT2D eigenvalue weighted by Crippen LogP contribution is -2.38. The summed E-state index contributed by atoms with van der Waals surface area (Å²) in [4.78, 5) is 41.5. The highest BCUT2D eigenvalue weighted by Crippen LogP contribution is 2.32. The fourth-order valence-electron chi connectivity index (χ4n) is 5.77. The number of amides is 2. The Kier molecular flexibility index (Phi) is 12.1. The van der Waals surface area contributed by atoms with Crippen molar-refractivity contribution in [3.63, 3.8) is 0 Å². The van der Waals surface area contributed by atoms with Crippen LogP contribution in [0.25, 0.3) is 0 Å². The zero-order chi connectivity index (χ0) is 32.1. The predicted octanol–water partition coefficient (Wildman–Crippen LogP) is 6.06. The van der Waals surface area contributed by atoms with Gasteiger partial charge >= 0.3 is 6.09 Å². The number of unbranched alkanes of at least 4 members (excludes halogenated alkanes) is 1. The largest absolute Gasteiger partial charge is 0.462 e. The number of hydrogen-bond acceptors (Lipinski definition) is 7. The van der Waals surface area contributed by atoms with Gasteiger partial charge in [-0.15, -0.1) is 0 Å². The molecule has 0 aromatic heterocycles. The number of nitrogens with one attached hydrogen (secondary N) is 2. The van der Waals surface area contributed by atoms with E-state index in [0.717, 1.165) is 62.1 Å². The van der Waals surface area contributed by atoms with Crippen molar-refractivity contribution in [2.24, 2.45) is 0 Å². The monoisotopic (exact) mass is 644 g/mol. The van der Waals surface area contributed by atoms with Gasteiger partial charge in [-0.1, -0.05) is 60.2 Å². The van der Waals surface area contributed by atoms with Crippen molar-refractivity contribution in [2.75, 3.05) is 39.3 Å². The Morgan fingerprint density at radius 3 is 2.57 bits per heavy atom. The summed E-state index contributed by atoms with van der Waals surface area (Å²) in [6.07, 6.45) is 14.1. The average Bonchev–Trinajstić information content (AvgIpc) is 3.08. The van der Waals surface area contributed by atoms with E-state index in [1.54, 1.807) is 24.5 Å². The Morgan fingerprint density at radius 2 is 1.78 bits per heavy atom. The molecular formula is C36H41ClN4O5. The third-order valence-corrected chi connectivity index (χ3v) is 8.56. The Bertz CT molecular complexity index is 1490. The van der Waals surface area contributed by atoms with E-state index in [1.807, 2.05) is 60.9 Å². The van der Waals surface area contributed by atoms with Crippen LogP contribution in [0.2, 0.25) is 5.02 Å². The average molecular weight is 645 g/mol. The number of likely N-dealkylation sites (tertiary alicyclic amines) is 1. The molecule has 0 spiro atoms. The number of allylic oxidation sites excluding steroid dienone is 4. The number of carbonyl (C=O) groups is 3. The van der Waals surface area contributed by atoms with Crippen LogP contribution in [0, 0.1) is 0 Å². The van der Waals surface area contributed by atoms with E-state index in [9.17, 15) is 14.4 Å². The molecule has 46 heavy (non-hydrogen) atoms. The standard InChI is InChI=1S/C36H41ClN4O5/c37-30-11-12-32(33(24-30)35(43)38-15-4-5-16-39-36(44)46-26-27-7-2-1-3-8-27)28-13-17-40(18-14-28)19-20-41-21-22-45-34(25-41)29-9-6-10-31(42)23-29/h1-3,6-12,21-22,24-25,28H,4-5,13-20,23,26H2,(H,38,43)(H,39,44). The van der Waals surface area contributed by atoms with Crippen LogP contribution in [0.1, 0.15) is 59.5 Å². The van der Waals surface area contributed by atoms with Crippen LogP contribution < -0.4 is 10.6 Å². The summed E-state index contributed by atoms with van der Waals surface area (Å²) in [5.41, 5.74) is 3.50. The Morgan fingerprint density at radius 1 is 1.00 bits per heavy atom. The third-order valence-electron chi connectivity index (χ3n) is 8.32. The van der Waals surface area contributed by atoms with Gasteiger partial charge in [0.1, 0.15) is 18.6 Å². The number of ether oxygens (including phenoxy) is 2. The van der Waals surface area contributed by atoms with Crippen molar-refractivity contribution in [2.45, 2.75) is 44.6 Å². The number of benzene rings is 2. The van der Waals surface area contributed by atoms with Gasteiger partial charge in [0.2, 0.25) is 0 Å². The molecule has 1 fully saturated rings. The minimum atomic E-state index is -0.449.